The fourth-order valence-electron chi connectivity index (χ4n) is 6.19. The molecule has 7 nitrogen and oxygen atoms in total. The number of carbonyl (C=O) groups is 1. The van der Waals surface area contributed by atoms with Gasteiger partial charge < -0.3 is 10.6 Å². The van der Waals surface area contributed by atoms with Gasteiger partial charge in [0.05, 0.1) is 39.5 Å². The van der Waals surface area contributed by atoms with Crippen LogP contribution in [0.3, 0.4) is 0 Å². The summed E-state index contributed by atoms with van der Waals surface area (Å²) in [4.78, 5) is 19.9. The molecule has 2 aliphatic carbocycles. The first-order chi connectivity index (χ1) is 18.7. The number of thiazole rings is 1. The van der Waals surface area contributed by atoms with Crippen molar-refractivity contribution in [2.24, 2.45) is 17.1 Å². The summed E-state index contributed by atoms with van der Waals surface area (Å²) >= 11 is 0.924. The summed E-state index contributed by atoms with van der Waals surface area (Å²) in [7, 11) is -3.07. The Morgan fingerprint density at radius 2 is 1.82 bits per heavy atom. The number of sulfone groups is 1. The molecule has 1 aliphatic heterocycles. The predicted molar refractivity (Wildman–Crippen MR) is 143 cm³/mol. The largest absolute Gasteiger partial charge is 0.400 e. The van der Waals surface area contributed by atoms with Gasteiger partial charge in [-0.15, -0.1) is 11.3 Å². The van der Waals surface area contributed by atoms with Gasteiger partial charge in [0.15, 0.2) is 9.84 Å². The third-order valence-corrected chi connectivity index (χ3v) is 11.8. The summed E-state index contributed by atoms with van der Waals surface area (Å²) < 4.78 is 80.8. The molecule has 3 unspecified atom stereocenters. The van der Waals surface area contributed by atoms with Crippen molar-refractivity contribution in [1.82, 2.24) is 4.98 Å². The summed E-state index contributed by atoms with van der Waals surface area (Å²) in [6, 6.07) is 9.09. The Labute approximate surface area is 234 Å². The van der Waals surface area contributed by atoms with Crippen LogP contribution in [0.25, 0.3) is 10.4 Å². The third kappa shape index (κ3) is 4.76. The van der Waals surface area contributed by atoms with Gasteiger partial charge in [-0.3, -0.25) is 4.79 Å². The molecule has 3 aliphatic rings. The van der Waals surface area contributed by atoms with E-state index in [9.17, 15) is 36.0 Å². The number of anilines is 1. The van der Waals surface area contributed by atoms with Crippen molar-refractivity contribution < 1.29 is 30.8 Å². The maximum absolute atomic E-state index is 14.8. The first-order valence-corrected chi connectivity index (χ1v) is 15.9. The van der Waals surface area contributed by atoms with Crippen LogP contribution in [0.5, 0.6) is 0 Å². The van der Waals surface area contributed by atoms with E-state index >= 15 is 0 Å². The number of hydrogen-bond acceptors (Lipinski definition) is 7. The smallest absolute Gasteiger partial charge is 0.369 e. The van der Waals surface area contributed by atoms with Gasteiger partial charge in [0.25, 0.3) is 0 Å². The second-order valence-corrected chi connectivity index (χ2v) is 14.5. The van der Waals surface area contributed by atoms with Crippen molar-refractivity contribution in [3.8, 4) is 16.5 Å². The van der Waals surface area contributed by atoms with Crippen LogP contribution in [0.15, 0.2) is 24.3 Å². The molecular formula is C27H30F4N4O3S2. The van der Waals surface area contributed by atoms with Gasteiger partial charge in [-0.25, -0.2) is 17.8 Å². The van der Waals surface area contributed by atoms with E-state index in [1.54, 1.807) is 24.3 Å². The van der Waals surface area contributed by atoms with Crippen molar-refractivity contribution >= 4 is 32.8 Å². The van der Waals surface area contributed by atoms with E-state index in [4.69, 9.17) is 5.73 Å². The molecular weight excluding hydrogens is 568 g/mol. The molecule has 40 heavy (non-hydrogen) atoms. The first kappa shape index (κ1) is 28.8. The quantitative estimate of drug-likeness (QED) is 0.474. The number of rotatable bonds is 6. The summed E-state index contributed by atoms with van der Waals surface area (Å²) in [6.45, 7) is 2.17. The van der Waals surface area contributed by atoms with Gasteiger partial charge in [-0.1, -0.05) is 12.1 Å². The second kappa shape index (κ2) is 9.98. The summed E-state index contributed by atoms with van der Waals surface area (Å²) in [6.07, 6.45) is -6.17. The van der Waals surface area contributed by atoms with Crippen LogP contribution >= 0.6 is 11.3 Å². The molecule has 0 spiro atoms. The third-order valence-electron chi connectivity index (χ3n) is 8.90. The summed E-state index contributed by atoms with van der Waals surface area (Å²) in [5, 5.41) is 9.69. The number of nitrogens with two attached hydrogens (primary N) is 1. The number of nitriles is 1. The van der Waals surface area contributed by atoms with E-state index in [-0.39, 0.29) is 54.3 Å². The van der Waals surface area contributed by atoms with Gasteiger partial charge >= 0.3 is 6.18 Å². The van der Waals surface area contributed by atoms with Crippen LogP contribution in [0.2, 0.25) is 0 Å². The lowest BCUT2D eigenvalue weighted by Crippen LogP contribution is -2.50. The number of aromatic nitrogens is 1. The number of amides is 1. The van der Waals surface area contributed by atoms with Gasteiger partial charge in [-0.2, -0.15) is 18.4 Å². The van der Waals surface area contributed by atoms with Crippen molar-refractivity contribution in [2.45, 2.75) is 62.7 Å². The standard InChI is InChI=1S/C27H30F4N4O3S2/c1-16(15-32)26(23(33)36)14-18(28)4-7-20(26)21-22(39-24(34-21)25(8-9-25)27(29,30)31)17-2-5-19(6-3-17)35-10-12-40(37,38)13-11-35/h2-3,5-6,16,18,20H,4,7-14H2,1H3,(H2,33,36)/t16-,18?,20?,26?/m1/s1. The van der Waals surface area contributed by atoms with Crippen LogP contribution in [0.1, 0.15) is 55.6 Å². The molecule has 5 rings (SSSR count). The van der Waals surface area contributed by atoms with E-state index in [2.05, 4.69) is 4.98 Å². The maximum Gasteiger partial charge on any atom is 0.400 e. The van der Waals surface area contributed by atoms with E-state index in [1.807, 2.05) is 11.0 Å². The van der Waals surface area contributed by atoms with Crippen LogP contribution in [0.4, 0.5) is 23.2 Å². The minimum Gasteiger partial charge on any atom is -0.369 e. The molecule has 2 aromatic rings. The van der Waals surface area contributed by atoms with Gasteiger partial charge in [0.2, 0.25) is 5.91 Å². The van der Waals surface area contributed by atoms with E-state index in [0.717, 1.165) is 17.0 Å². The molecule has 2 saturated carbocycles. The SMILES string of the molecule is C[C@H](C#N)C1(C(N)=O)CC(F)CCC1c1nc(C2(C(F)(F)F)CC2)sc1-c1ccc(N2CCS(=O)(=O)CC2)cc1. The molecule has 1 saturated heterocycles. The topological polar surface area (TPSA) is 117 Å². The fourth-order valence-corrected chi connectivity index (χ4v) is 8.79. The zero-order chi connectivity index (χ0) is 29.1. The molecule has 0 radical (unpaired) electrons. The van der Waals surface area contributed by atoms with Crippen LogP contribution in [0, 0.1) is 22.7 Å². The van der Waals surface area contributed by atoms with Gasteiger partial charge in [-0.05, 0) is 56.7 Å². The predicted octanol–water partition coefficient (Wildman–Crippen LogP) is 4.88. The number of carbonyl (C=O) groups excluding carboxylic acids is 1. The molecule has 2 N–H and O–H groups in total. The highest BCUT2D eigenvalue weighted by molar-refractivity contribution is 7.91. The Morgan fingerprint density at radius 1 is 1.20 bits per heavy atom. The highest BCUT2D eigenvalue weighted by Gasteiger charge is 2.66. The molecule has 4 atom stereocenters. The molecule has 1 aromatic carbocycles. The summed E-state index contributed by atoms with van der Waals surface area (Å²) in [5.41, 5.74) is 3.77. The highest BCUT2D eigenvalue weighted by atomic mass is 32.2. The van der Waals surface area contributed by atoms with Crippen molar-refractivity contribution in [3.05, 3.63) is 35.0 Å². The molecule has 3 fully saturated rings. The minimum absolute atomic E-state index is 0.0418. The van der Waals surface area contributed by atoms with Crippen molar-refractivity contribution in [1.29, 1.82) is 5.26 Å². The van der Waals surface area contributed by atoms with Gasteiger partial charge in [0, 0.05) is 24.7 Å². The average molecular weight is 599 g/mol. The Morgan fingerprint density at radius 3 is 2.35 bits per heavy atom. The highest BCUT2D eigenvalue weighted by Crippen LogP contribution is 2.62. The number of benzene rings is 1. The number of alkyl halides is 4. The monoisotopic (exact) mass is 598 g/mol. The lowest BCUT2D eigenvalue weighted by molar-refractivity contribution is -0.160. The number of hydrogen-bond donors (Lipinski definition) is 1. The van der Waals surface area contributed by atoms with E-state index in [1.165, 1.54) is 6.92 Å². The molecule has 1 amide bonds. The first-order valence-electron chi connectivity index (χ1n) is 13.2. The summed E-state index contributed by atoms with van der Waals surface area (Å²) in [5.74, 6) is -2.59. The van der Waals surface area contributed by atoms with Crippen molar-refractivity contribution in [3.63, 3.8) is 0 Å². The van der Waals surface area contributed by atoms with Gasteiger partial charge in [0.1, 0.15) is 16.6 Å². The Hall–Kier alpha value is -2.72. The number of halogens is 4. The van der Waals surface area contributed by atoms with E-state index < -0.39 is 50.8 Å². The van der Waals surface area contributed by atoms with E-state index in [0.29, 0.717) is 23.5 Å². The number of nitrogens with zero attached hydrogens (tertiary/aromatic N) is 3. The van der Waals surface area contributed by atoms with Crippen LogP contribution < -0.4 is 10.6 Å². The Balaban J connectivity index is 1.61. The van der Waals surface area contributed by atoms with Crippen molar-refractivity contribution in [2.75, 3.05) is 29.5 Å². The Kier molecular flexibility index (Phi) is 7.18. The molecule has 216 valence electrons. The lowest BCUT2D eigenvalue weighted by atomic mass is 9.58. The molecule has 1 aromatic heterocycles. The molecule has 13 heteroatoms. The normalized spacial score (nSPS) is 28.4. The minimum atomic E-state index is -4.50. The van der Waals surface area contributed by atoms with Crippen LogP contribution in [-0.4, -0.2) is 56.3 Å². The molecule has 2 heterocycles. The zero-order valence-corrected chi connectivity index (χ0v) is 23.5. The fraction of sp³-hybridized carbons (Fsp3) is 0.593. The maximum atomic E-state index is 14.8. The Bertz CT molecular complexity index is 1430. The number of primary amides is 1. The zero-order valence-electron chi connectivity index (χ0n) is 21.9. The second-order valence-electron chi connectivity index (χ2n) is 11.2. The van der Waals surface area contributed by atoms with Crippen LogP contribution in [-0.2, 0) is 20.0 Å². The molecule has 0 bridgehead atoms. The average Bonchev–Trinajstić information content (AvgIpc) is 3.62. The lowest BCUT2D eigenvalue weighted by Gasteiger charge is -2.44.